The van der Waals surface area contributed by atoms with E-state index in [9.17, 15) is 10.1 Å². The molecule has 0 radical (unpaired) electrons. The summed E-state index contributed by atoms with van der Waals surface area (Å²) in [5.74, 6) is 1.01. The van der Waals surface area contributed by atoms with Crippen LogP contribution in [0.4, 0.5) is 5.69 Å². The van der Waals surface area contributed by atoms with E-state index in [1.54, 1.807) is 13.2 Å². The monoisotopic (exact) mass is 570 g/mol. The van der Waals surface area contributed by atoms with Crippen molar-refractivity contribution in [3.63, 3.8) is 0 Å². The summed E-state index contributed by atoms with van der Waals surface area (Å²) in [5.41, 5.74) is 1.64. The molecule has 0 unspecified atom stereocenters. The van der Waals surface area contributed by atoms with Gasteiger partial charge in [0.25, 0.3) is 8.32 Å². The highest BCUT2D eigenvalue weighted by Crippen LogP contribution is 2.39. The third-order valence-corrected chi connectivity index (χ3v) is 12.4. The number of nitro groups is 1. The average Bonchev–Trinajstić information content (AvgIpc) is 2.99. The normalized spacial score (nSPS) is 12.5. The van der Waals surface area contributed by atoms with Crippen molar-refractivity contribution in [1.29, 1.82) is 0 Å². The first-order chi connectivity index (χ1) is 19.7. The number of nitro benzene ring substituents is 1. The Morgan fingerprint density at radius 3 is 1.88 bits per heavy atom. The van der Waals surface area contributed by atoms with E-state index in [4.69, 9.17) is 13.9 Å². The molecule has 0 spiro atoms. The van der Waals surface area contributed by atoms with Crippen LogP contribution in [-0.2, 0) is 11.0 Å². The Kier molecular flexibility index (Phi) is 9.60. The highest BCUT2D eigenvalue weighted by atomic mass is 28.4. The van der Waals surface area contributed by atoms with Crippen LogP contribution in [0.1, 0.15) is 37.9 Å². The highest BCUT2D eigenvalue weighted by Gasteiger charge is 2.50. The number of hydrogen-bond donors (Lipinski definition) is 1. The summed E-state index contributed by atoms with van der Waals surface area (Å²) in [7, 11) is 0.247. The van der Waals surface area contributed by atoms with Crippen molar-refractivity contribution in [2.75, 3.05) is 20.8 Å². The predicted octanol–water partition coefficient (Wildman–Crippen LogP) is 6.02. The maximum atomic E-state index is 11.9. The van der Waals surface area contributed by atoms with Crippen molar-refractivity contribution in [2.45, 2.75) is 38.4 Å². The number of hydrogen-bond acceptors (Lipinski definition) is 6. The van der Waals surface area contributed by atoms with Gasteiger partial charge >= 0.3 is 5.69 Å². The molecule has 214 valence electrons. The Bertz CT molecular complexity index is 1380. The van der Waals surface area contributed by atoms with Crippen molar-refractivity contribution in [3.05, 3.63) is 124 Å². The fourth-order valence-corrected chi connectivity index (χ4v) is 9.97. The molecule has 4 aromatic carbocycles. The summed E-state index contributed by atoms with van der Waals surface area (Å²) in [5, 5.41) is 17.6. The lowest BCUT2D eigenvalue weighted by Crippen LogP contribution is -2.67. The number of nitrogens with zero attached hydrogens (tertiary/aromatic N) is 1. The van der Waals surface area contributed by atoms with Crippen LogP contribution in [0.5, 0.6) is 11.5 Å². The van der Waals surface area contributed by atoms with Gasteiger partial charge in [-0.1, -0.05) is 106 Å². The Hall–Kier alpha value is -3.98. The van der Waals surface area contributed by atoms with Gasteiger partial charge in [-0.25, -0.2) is 0 Å². The molecule has 8 heteroatoms. The predicted molar refractivity (Wildman–Crippen MR) is 166 cm³/mol. The lowest BCUT2D eigenvalue weighted by molar-refractivity contribution is -0.385. The zero-order chi connectivity index (χ0) is 29.5. The van der Waals surface area contributed by atoms with Crippen molar-refractivity contribution in [1.82, 2.24) is 5.32 Å². The van der Waals surface area contributed by atoms with Gasteiger partial charge in [0, 0.05) is 18.2 Å². The van der Waals surface area contributed by atoms with Crippen LogP contribution in [-0.4, -0.2) is 34.1 Å². The second-order valence-corrected chi connectivity index (χ2v) is 15.2. The molecular formula is C33H38N2O5Si. The van der Waals surface area contributed by atoms with E-state index < -0.39 is 19.3 Å². The van der Waals surface area contributed by atoms with Crippen molar-refractivity contribution >= 4 is 24.4 Å². The summed E-state index contributed by atoms with van der Waals surface area (Å²) < 4.78 is 18.2. The van der Waals surface area contributed by atoms with E-state index in [2.05, 4.69) is 74.6 Å². The third-order valence-electron chi connectivity index (χ3n) is 7.40. The molecule has 7 nitrogen and oxygen atoms in total. The topological polar surface area (TPSA) is 82.9 Å². The summed E-state index contributed by atoms with van der Waals surface area (Å²) in [6.45, 7) is 7.48. The lowest BCUT2D eigenvalue weighted by atomic mass is 10.0. The quantitative estimate of drug-likeness (QED) is 0.127. The summed E-state index contributed by atoms with van der Waals surface area (Å²) in [6, 6.07) is 33.3. The minimum atomic E-state index is -2.86. The molecule has 0 aromatic heterocycles. The molecule has 4 aromatic rings. The molecule has 4 rings (SSSR count). The molecule has 0 saturated carbocycles. The van der Waals surface area contributed by atoms with E-state index >= 15 is 0 Å². The summed E-state index contributed by atoms with van der Waals surface area (Å²) in [6.07, 6.45) is 0. The molecule has 0 amide bonds. The SMILES string of the molecule is COc1ccc(CN[C@@H](CO[Si](c2ccccc2)(c2ccccc2)C(C)(C)C)c2cccc([N+](=O)[O-])c2OC)cc1. The first-order valence-corrected chi connectivity index (χ1v) is 15.5. The van der Waals surface area contributed by atoms with Gasteiger partial charge in [0.2, 0.25) is 5.75 Å². The number of methoxy groups -OCH3 is 2. The summed E-state index contributed by atoms with van der Waals surface area (Å²) in [4.78, 5) is 11.5. The Morgan fingerprint density at radius 1 is 0.805 bits per heavy atom. The zero-order valence-electron chi connectivity index (χ0n) is 24.3. The maximum absolute atomic E-state index is 11.9. The van der Waals surface area contributed by atoms with Crippen LogP contribution in [0.15, 0.2) is 103 Å². The number of nitrogens with one attached hydrogen (secondary N) is 1. The number of ether oxygens (including phenoxy) is 2. The van der Waals surface area contributed by atoms with Gasteiger partial charge in [-0.3, -0.25) is 10.1 Å². The van der Waals surface area contributed by atoms with Crippen LogP contribution >= 0.6 is 0 Å². The zero-order valence-corrected chi connectivity index (χ0v) is 25.3. The molecular weight excluding hydrogens is 532 g/mol. The molecule has 1 N–H and O–H groups in total. The van der Waals surface area contributed by atoms with E-state index in [-0.39, 0.29) is 23.1 Å². The number of para-hydroxylation sites is 1. The molecule has 41 heavy (non-hydrogen) atoms. The van der Waals surface area contributed by atoms with Crippen LogP contribution in [0.2, 0.25) is 5.04 Å². The maximum Gasteiger partial charge on any atom is 0.311 e. The third kappa shape index (κ3) is 6.51. The van der Waals surface area contributed by atoms with Crippen molar-refractivity contribution < 1.29 is 18.8 Å². The average molecular weight is 571 g/mol. The van der Waals surface area contributed by atoms with E-state index in [0.717, 1.165) is 11.3 Å². The minimum absolute atomic E-state index is 0.0771. The lowest BCUT2D eigenvalue weighted by Gasteiger charge is -2.43. The largest absolute Gasteiger partial charge is 0.497 e. The van der Waals surface area contributed by atoms with E-state index in [1.165, 1.54) is 23.5 Å². The van der Waals surface area contributed by atoms with Crippen LogP contribution in [0.3, 0.4) is 0 Å². The van der Waals surface area contributed by atoms with Gasteiger partial charge < -0.3 is 19.2 Å². The molecule has 0 saturated heterocycles. The second-order valence-electron chi connectivity index (χ2n) is 10.9. The molecule has 0 heterocycles. The minimum Gasteiger partial charge on any atom is -0.497 e. The van der Waals surface area contributed by atoms with Gasteiger partial charge in [-0.05, 0) is 33.1 Å². The van der Waals surface area contributed by atoms with E-state index in [0.29, 0.717) is 12.1 Å². The smallest absolute Gasteiger partial charge is 0.311 e. The van der Waals surface area contributed by atoms with Crippen molar-refractivity contribution in [3.8, 4) is 11.5 Å². The fraction of sp³-hybridized carbons (Fsp3) is 0.273. The molecule has 1 atom stereocenters. The van der Waals surface area contributed by atoms with Gasteiger partial charge in [0.15, 0.2) is 0 Å². The Balaban J connectivity index is 1.79. The Labute approximate surface area is 243 Å². The molecule has 0 bridgehead atoms. The van der Waals surface area contributed by atoms with Gasteiger partial charge in [0.05, 0.1) is 31.8 Å². The standard InChI is InChI=1S/C33H38N2O5Si/c1-33(2,3)41(27-13-8-6-9-14-27,28-15-10-7-11-16-28)40-24-30(34-23-25-19-21-26(38-4)22-20-25)29-17-12-18-31(35(36)37)32(29)39-5/h6-22,30,34H,23-24H2,1-5H3/t30-/m0/s1. The fourth-order valence-electron chi connectivity index (χ4n) is 5.40. The van der Waals surface area contributed by atoms with Crippen LogP contribution in [0.25, 0.3) is 0 Å². The summed E-state index contributed by atoms with van der Waals surface area (Å²) >= 11 is 0. The second kappa shape index (κ2) is 13.1. The molecule has 0 fully saturated rings. The van der Waals surface area contributed by atoms with Gasteiger partial charge in [-0.2, -0.15) is 0 Å². The van der Waals surface area contributed by atoms with Gasteiger partial charge in [-0.15, -0.1) is 0 Å². The van der Waals surface area contributed by atoms with Crippen LogP contribution < -0.4 is 25.2 Å². The van der Waals surface area contributed by atoms with Gasteiger partial charge in [0.1, 0.15) is 5.75 Å². The van der Waals surface area contributed by atoms with Crippen LogP contribution in [0, 0.1) is 10.1 Å². The molecule has 0 aliphatic carbocycles. The molecule has 0 aliphatic rings. The highest BCUT2D eigenvalue weighted by molar-refractivity contribution is 6.99. The Morgan fingerprint density at radius 2 is 1.39 bits per heavy atom. The molecule has 0 aliphatic heterocycles. The number of rotatable bonds is 12. The first-order valence-electron chi connectivity index (χ1n) is 13.6. The first kappa shape index (κ1) is 30.0. The van der Waals surface area contributed by atoms with Crippen molar-refractivity contribution in [2.24, 2.45) is 0 Å². The van der Waals surface area contributed by atoms with E-state index in [1.807, 2.05) is 42.5 Å². The number of benzene rings is 4.